The minimum Gasteiger partial charge on any atom is -0.486 e. The van der Waals surface area contributed by atoms with Gasteiger partial charge in [0.2, 0.25) is 0 Å². The SMILES string of the molecule is Cl.O=C(CNC1=NCCC1)c1ccc2c(c1)OCCO2. The number of aliphatic imine (C=N–C) groups is 1. The summed E-state index contributed by atoms with van der Waals surface area (Å²) in [5.41, 5.74) is 0.635. The first-order valence-electron chi connectivity index (χ1n) is 6.53. The Morgan fingerprint density at radius 3 is 2.80 bits per heavy atom. The van der Waals surface area contributed by atoms with Gasteiger partial charge in [0, 0.05) is 18.5 Å². The summed E-state index contributed by atoms with van der Waals surface area (Å²) in [6.45, 7) is 2.22. The van der Waals surface area contributed by atoms with E-state index in [0.29, 0.717) is 30.3 Å². The number of hydrogen-bond acceptors (Lipinski definition) is 5. The second-order valence-corrected chi connectivity index (χ2v) is 4.57. The van der Waals surface area contributed by atoms with Gasteiger partial charge in [-0.1, -0.05) is 0 Å². The molecule has 0 saturated heterocycles. The van der Waals surface area contributed by atoms with Crippen molar-refractivity contribution in [2.75, 3.05) is 26.3 Å². The van der Waals surface area contributed by atoms with E-state index in [1.54, 1.807) is 18.2 Å². The molecule has 0 bridgehead atoms. The van der Waals surface area contributed by atoms with Crippen LogP contribution in [0.2, 0.25) is 0 Å². The highest BCUT2D eigenvalue weighted by atomic mass is 35.5. The third-order valence-electron chi connectivity index (χ3n) is 3.19. The number of nitrogens with one attached hydrogen (secondary N) is 1. The molecule has 1 N–H and O–H groups in total. The van der Waals surface area contributed by atoms with Crippen LogP contribution in [0.4, 0.5) is 0 Å². The average Bonchev–Trinajstić information content (AvgIpc) is 2.97. The largest absolute Gasteiger partial charge is 0.486 e. The van der Waals surface area contributed by atoms with Crippen molar-refractivity contribution in [3.63, 3.8) is 0 Å². The number of carbonyl (C=O) groups is 1. The van der Waals surface area contributed by atoms with Crippen LogP contribution in [0.15, 0.2) is 23.2 Å². The van der Waals surface area contributed by atoms with Crippen molar-refractivity contribution in [3.8, 4) is 11.5 Å². The van der Waals surface area contributed by atoms with E-state index in [1.165, 1.54) is 0 Å². The van der Waals surface area contributed by atoms with Gasteiger partial charge < -0.3 is 14.8 Å². The molecule has 0 atom stereocenters. The molecule has 0 spiro atoms. The first-order valence-corrected chi connectivity index (χ1v) is 6.53. The van der Waals surface area contributed by atoms with Gasteiger partial charge in [-0.25, -0.2) is 0 Å². The molecule has 1 aromatic carbocycles. The Morgan fingerprint density at radius 1 is 1.25 bits per heavy atom. The third-order valence-corrected chi connectivity index (χ3v) is 3.19. The van der Waals surface area contributed by atoms with Gasteiger partial charge in [0.05, 0.1) is 12.4 Å². The van der Waals surface area contributed by atoms with Crippen molar-refractivity contribution in [1.82, 2.24) is 5.32 Å². The number of nitrogens with zero attached hydrogens (tertiary/aromatic N) is 1. The maximum atomic E-state index is 12.1. The van der Waals surface area contributed by atoms with E-state index in [4.69, 9.17) is 9.47 Å². The molecule has 3 rings (SSSR count). The monoisotopic (exact) mass is 296 g/mol. The van der Waals surface area contributed by atoms with Crippen LogP contribution in [0, 0.1) is 0 Å². The Balaban J connectivity index is 0.00000147. The predicted molar refractivity (Wildman–Crippen MR) is 78.5 cm³/mol. The number of carbonyl (C=O) groups excluding carboxylic acids is 1. The maximum Gasteiger partial charge on any atom is 0.182 e. The van der Waals surface area contributed by atoms with Gasteiger partial charge in [0.15, 0.2) is 17.3 Å². The van der Waals surface area contributed by atoms with Crippen LogP contribution in [0.5, 0.6) is 11.5 Å². The van der Waals surface area contributed by atoms with Gasteiger partial charge in [-0.05, 0) is 24.6 Å². The van der Waals surface area contributed by atoms with Gasteiger partial charge in [0.25, 0.3) is 0 Å². The Kier molecular flexibility index (Phi) is 4.84. The number of rotatable bonds is 3. The first-order chi connectivity index (χ1) is 9.33. The summed E-state index contributed by atoms with van der Waals surface area (Å²) in [6.07, 6.45) is 2.01. The van der Waals surface area contributed by atoms with Crippen molar-refractivity contribution in [3.05, 3.63) is 23.8 Å². The van der Waals surface area contributed by atoms with Crippen molar-refractivity contribution >= 4 is 24.0 Å². The Morgan fingerprint density at radius 2 is 2.05 bits per heavy atom. The van der Waals surface area contributed by atoms with E-state index in [2.05, 4.69) is 10.3 Å². The van der Waals surface area contributed by atoms with Gasteiger partial charge in [0.1, 0.15) is 13.2 Å². The Labute approximate surface area is 123 Å². The van der Waals surface area contributed by atoms with Crippen LogP contribution >= 0.6 is 12.4 Å². The molecule has 0 amide bonds. The number of amidine groups is 1. The van der Waals surface area contributed by atoms with Crippen LogP contribution in [0.25, 0.3) is 0 Å². The van der Waals surface area contributed by atoms with Crippen LogP contribution in [-0.2, 0) is 0 Å². The smallest absolute Gasteiger partial charge is 0.182 e. The average molecular weight is 297 g/mol. The molecule has 20 heavy (non-hydrogen) atoms. The van der Waals surface area contributed by atoms with Crippen molar-refractivity contribution in [2.24, 2.45) is 4.99 Å². The molecule has 6 heteroatoms. The quantitative estimate of drug-likeness (QED) is 0.865. The number of ether oxygens (including phenoxy) is 2. The molecular weight excluding hydrogens is 280 g/mol. The van der Waals surface area contributed by atoms with Crippen LogP contribution in [0.3, 0.4) is 0 Å². The van der Waals surface area contributed by atoms with E-state index in [9.17, 15) is 4.79 Å². The molecule has 0 aliphatic carbocycles. The lowest BCUT2D eigenvalue weighted by molar-refractivity contribution is 0.0995. The minimum absolute atomic E-state index is 0. The number of ketones is 1. The van der Waals surface area contributed by atoms with Gasteiger partial charge >= 0.3 is 0 Å². The van der Waals surface area contributed by atoms with Crippen molar-refractivity contribution in [1.29, 1.82) is 0 Å². The second-order valence-electron chi connectivity index (χ2n) is 4.57. The standard InChI is InChI=1S/C14H16N2O3.ClH/c17-11(9-16-14-2-1-5-15-14)10-3-4-12-13(8-10)19-7-6-18-12;/h3-4,8H,1-2,5-7,9H2,(H,15,16);1H. The van der Waals surface area contributed by atoms with Crippen molar-refractivity contribution in [2.45, 2.75) is 12.8 Å². The van der Waals surface area contributed by atoms with E-state index in [-0.39, 0.29) is 24.7 Å². The van der Waals surface area contributed by atoms with Gasteiger partial charge in [-0.2, -0.15) is 0 Å². The second kappa shape index (κ2) is 6.61. The summed E-state index contributed by atoms with van der Waals surface area (Å²) < 4.78 is 10.9. The van der Waals surface area contributed by atoms with E-state index >= 15 is 0 Å². The molecule has 2 heterocycles. The Bertz CT molecular complexity index is 531. The highest BCUT2D eigenvalue weighted by molar-refractivity contribution is 6.00. The van der Waals surface area contributed by atoms with Crippen LogP contribution in [0.1, 0.15) is 23.2 Å². The van der Waals surface area contributed by atoms with E-state index in [0.717, 1.165) is 25.2 Å². The molecule has 108 valence electrons. The molecule has 0 fully saturated rings. The summed E-state index contributed by atoms with van der Waals surface area (Å²) >= 11 is 0. The zero-order chi connectivity index (χ0) is 13.1. The van der Waals surface area contributed by atoms with Gasteiger partial charge in [-0.15, -0.1) is 12.4 Å². The normalized spacial score (nSPS) is 16.1. The molecule has 0 aromatic heterocycles. The first kappa shape index (κ1) is 14.7. The Hall–Kier alpha value is -1.75. The molecule has 5 nitrogen and oxygen atoms in total. The zero-order valence-corrected chi connectivity index (χ0v) is 11.9. The lowest BCUT2D eigenvalue weighted by atomic mass is 10.1. The van der Waals surface area contributed by atoms with E-state index in [1.807, 2.05) is 0 Å². The lowest BCUT2D eigenvalue weighted by Gasteiger charge is -2.18. The summed E-state index contributed by atoms with van der Waals surface area (Å²) in [4.78, 5) is 16.4. The fraction of sp³-hybridized carbons (Fsp3) is 0.429. The molecule has 2 aliphatic rings. The molecule has 0 unspecified atom stereocenters. The molecule has 1 aromatic rings. The molecule has 2 aliphatic heterocycles. The number of Topliss-reactive ketones (excluding diaryl/α,β-unsaturated/α-hetero) is 1. The number of halogens is 1. The van der Waals surface area contributed by atoms with E-state index < -0.39 is 0 Å². The fourth-order valence-corrected chi connectivity index (χ4v) is 2.19. The highest BCUT2D eigenvalue weighted by Gasteiger charge is 2.15. The maximum absolute atomic E-state index is 12.1. The molecule has 0 saturated carbocycles. The minimum atomic E-state index is 0. The summed E-state index contributed by atoms with van der Waals surface area (Å²) in [5, 5.41) is 3.09. The number of fused-ring (bicyclic) bond motifs is 1. The third kappa shape index (κ3) is 3.22. The zero-order valence-electron chi connectivity index (χ0n) is 11.1. The molecular formula is C14H17ClN2O3. The fourth-order valence-electron chi connectivity index (χ4n) is 2.19. The topological polar surface area (TPSA) is 59.9 Å². The summed E-state index contributed by atoms with van der Waals surface area (Å²) in [7, 11) is 0. The summed E-state index contributed by atoms with van der Waals surface area (Å²) in [5.74, 6) is 2.32. The number of benzene rings is 1. The van der Waals surface area contributed by atoms with Crippen LogP contribution in [-0.4, -0.2) is 37.9 Å². The highest BCUT2D eigenvalue weighted by Crippen LogP contribution is 2.30. The number of hydrogen-bond donors (Lipinski definition) is 1. The summed E-state index contributed by atoms with van der Waals surface area (Å²) in [6, 6.07) is 5.30. The van der Waals surface area contributed by atoms with Crippen LogP contribution < -0.4 is 14.8 Å². The molecule has 0 radical (unpaired) electrons. The van der Waals surface area contributed by atoms with Gasteiger partial charge in [-0.3, -0.25) is 9.79 Å². The predicted octanol–water partition coefficient (Wildman–Crippen LogP) is 1.84. The van der Waals surface area contributed by atoms with Crippen molar-refractivity contribution < 1.29 is 14.3 Å². The lowest BCUT2D eigenvalue weighted by Crippen LogP contribution is -2.28.